The summed E-state index contributed by atoms with van der Waals surface area (Å²) >= 11 is 5.74. The Morgan fingerprint density at radius 3 is 2.48 bits per heavy atom. The van der Waals surface area contributed by atoms with Crippen LogP contribution in [0.1, 0.15) is 16.7 Å². The maximum absolute atomic E-state index is 13.5. The van der Waals surface area contributed by atoms with Crippen molar-refractivity contribution in [1.82, 2.24) is 4.98 Å². The van der Waals surface area contributed by atoms with Gasteiger partial charge >= 0.3 is 0 Å². The predicted molar refractivity (Wildman–Crippen MR) is 79.1 cm³/mol. The van der Waals surface area contributed by atoms with Crippen LogP contribution in [0.25, 0.3) is 0 Å². The molecule has 0 radical (unpaired) electrons. The largest absolute Gasteiger partial charge is 0.366 e. The third kappa shape index (κ3) is 3.66. The van der Waals surface area contributed by atoms with Gasteiger partial charge in [0.15, 0.2) is 0 Å². The van der Waals surface area contributed by atoms with E-state index in [1.54, 1.807) is 26.0 Å². The maximum atomic E-state index is 13.5. The summed E-state index contributed by atoms with van der Waals surface area (Å²) in [6.07, 6.45) is 0. The van der Waals surface area contributed by atoms with Gasteiger partial charge in [0.05, 0.1) is 17.1 Å². The quantitative estimate of drug-likeness (QED) is 0.526. The van der Waals surface area contributed by atoms with Crippen molar-refractivity contribution in [2.45, 2.75) is 20.4 Å². The molecule has 1 N–H and O–H groups in total. The first kappa shape index (κ1) is 15.2. The van der Waals surface area contributed by atoms with Crippen LogP contribution in [0.4, 0.5) is 15.9 Å². The Bertz CT molecular complexity index is 684. The molecule has 0 aliphatic heterocycles. The van der Waals surface area contributed by atoms with E-state index in [2.05, 4.69) is 10.3 Å². The van der Waals surface area contributed by atoms with Gasteiger partial charge in [-0.15, -0.1) is 0 Å². The number of halogens is 2. The third-order valence-electron chi connectivity index (χ3n) is 2.96. The van der Waals surface area contributed by atoms with Gasteiger partial charge in [-0.1, -0.05) is 23.7 Å². The summed E-state index contributed by atoms with van der Waals surface area (Å²) in [5.41, 5.74) is 1.83. The van der Waals surface area contributed by atoms with Crippen molar-refractivity contribution in [3.05, 3.63) is 62.0 Å². The number of hydrogen-bond acceptors (Lipinski definition) is 4. The Hall–Kier alpha value is -2.21. The SMILES string of the molecule is Cc1cc(CNc2cc([N+](=O)[O-])cc(Cl)n2)cc(C)c1F. The molecule has 2 rings (SSSR count). The lowest BCUT2D eigenvalue weighted by atomic mass is 10.1. The van der Waals surface area contributed by atoms with E-state index in [-0.39, 0.29) is 16.7 Å². The first-order valence-electron chi connectivity index (χ1n) is 6.18. The maximum Gasteiger partial charge on any atom is 0.276 e. The normalized spacial score (nSPS) is 10.5. The van der Waals surface area contributed by atoms with Crippen molar-refractivity contribution in [3.63, 3.8) is 0 Å². The van der Waals surface area contributed by atoms with Gasteiger partial charge in [-0.2, -0.15) is 0 Å². The Balaban J connectivity index is 2.18. The topological polar surface area (TPSA) is 68.1 Å². The van der Waals surface area contributed by atoms with E-state index < -0.39 is 4.92 Å². The first-order valence-corrected chi connectivity index (χ1v) is 6.56. The molecule has 0 saturated carbocycles. The molecular weight excluding hydrogens is 297 g/mol. The van der Waals surface area contributed by atoms with E-state index >= 15 is 0 Å². The number of nitrogens with zero attached hydrogens (tertiary/aromatic N) is 2. The highest BCUT2D eigenvalue weighted by Gasteiger charge is 2.10. The number of nitrogens with one attached hydrogen (secondary N) is 1. The summed E-state index contributed by atoms with van der Waals surface area (Å²) in [5.74, 6) is 0.0732. The standard InChI is InChI=1S/C14H13ClFN3O2/c1-8-3-10(4-9(2)14(8)16)7-17-13-6-11(19(20)21)5-12(15)18-13/h3-6H,7H2,1-2H3,(H,17,18). The summed E-state index contributed by atoms with van der Waals surface area (Å²) in [5, 5.41) is 13.7. The van der Waals surface area contributed by atoms with Crippen LogP contribution in [0, 0.1) is 29.8 Å². The lowest BCUT2D eigenvalue weighted by molar-refractivity contribution is -0.384. The highest BCUT2D eigenvalue weighted by molar-refractivity contribution is 6.29. The van der Waals surface area contributed by atoms with Gasteiger partial charge in [0.25, 0.3) is 5.69 Å². The minimum absolute atomic E-state index is 0.0400. The second kappa shape index (κ2) is 6.05. The van der Waals surface area contributed by atoms with Gasteiger partial charge in [0.1, 0.15) is 16.8 Å². The Morgan fingerprint density at radius 2 is 1.90 bits per heavy atom. The van der Waals surface area contributed by atoms with Crippen LogP contribution in [-0.4, -0.2) is 9.91 Å². The van der Waals surface area contributed by atoms with E-state index in [1.807, 2.05) is 0 Å². The number of rotatable bonds is 4. The number of benzene rings is 1. The van der Waals surface area contributed by atoms with E-state index in [0.717, 1.165) is 5.56 Å². The van der Waals surface area contributed by atoms with Crippen LogP contribution >= 0.6 is 11.6 Å². The minimum atomic E-state index is -0.537. The van der Waals surface area contributed by atoms with Gasteiger partial charge in [-0.05, 0) is 30.5 Å². The monoisotopic (exact) mass is 309 g/mol. The molecular formula is C14H13ClFN3O2. The molecule has 0 aliphatic carbocycles. The molecule has 1 heterocycles. The number of hydrogen-bond donors (Lipinski definition) is 1. The highest BCUT2D eigenvalue weighted by atomic mass is 35.5. The molecule has 0 unspecified atom stereocenters. The van der Waals surface area contributed by atoms with Crippen LogP contribution in [0.15, 0.2) is 24.3 Å². The molecule has 0 atom stereocenters. The summed E-state index contributed by atoms with van der Waals surface area (Å²) in [6, 6.07) is 5.91. The zero-order valence-corrected chi connectivity index (χ0v) is 12.2. The van der Waals surface area contributed by atoms with Crippen molar-refractivity contribution >= 4 is 23.1 Å². The lowest BCUT2D eigenvalue weighted by Gasteiger charge is -2.09. The molecule has 110 valence electrons. The van der Waals surface area contributed by atoms with Gasteiger partial charge in [-0.3, -0.25) is 10.1 Å². The molecule has 5 nitrogen and oxygen atoms in total. The fourth-order valence-electron chi connectivity index (χ4n) is 2.01. The van der Waals surface area contributed by atoms with Crippen LogP contribution in [0.2, 0.25) is 5.15 Å². The van der Waals surface area contributed by atoms with Crippen molar-refractivity contribution < 1.29 is 9.31 Å². The van der Waals surface area contributed by atoms with Crippen molar-refractivity contribution in [3.8, 4) is 0 Å². The number of pyridine rings is 1. The van der Waals surface area contributed by atoms with Crippen LogP contribution in [0.3, 0.4) is 0 Å². The summed E-state index contributed by atoms with van der Waals surface area (Å²) in [4.78, 5) is 14.2. The van der Waals surface area contributed by atoms with E-state index in [4.69, 9.17) is 11.6 Å². The zero-order chi connectivity index (χ0) is 15.6. The third-order valence-corrected chi connectivity index (χ3v) is 3.15. The van der Waals surface area contributed by atoms with E-state index in [1.165, 1.54) is 12.1 Å². The molecule has 1 aromatic heterocycles. The molecule has 0 spiro atoms. The minimum Gasteiger partial charge on any atom is -0.366 e. The van der Waals surface area contributed by atoms with Crippen molar-refractivity contribution in [2.24, 2.45) is 0 Å². The van der Waals surface area contributed by atoms with Gasteiger partial charge < -0.3 is 5.32 Å². The number of anilines is 1. The molecule has 1 aromatic carbocycles. The van der Waals surface area contributed by atoms with Crippen LogP contribution in [0.5, 0.6) is 0 Å². The number of nitro groups is 1. The zero-order valence-electron chi connectivity index (χ0n) is 11.5. The summed E-state index contributed by atoms with van der Waals surface area (Å²) in [6.45, 7) is 3.75. The molecule has 0 amide bonds. The first-order chi connectivity index (χ1) is 9.86. The fraction of sp³-hybridized carbons (Fsp3) is 0.214. The molecule has 0 fully saturated rings. The fourth-order valence-corrected chi connectivity index (χ4v) is 2.21. The molecule has 21 heavy (non-hydrogen) atoms. The lowest BCUT2D eigenvalue weighted by Crippen LogP contribution is -2.04. The van der Waals surface area contributed by atoms with Crippen LogP contribution in [-0.2, 0) is 6.54 Å². The average molecular weight is 310 g/mol. The Kier molecular flexibility index (Phi) is 4.37. The Morgan fingerprint density at radius 1 is 1.29 bits per heavy atom. The van der Waals surface area contributed by atoms with Gasteiger partial charge in [0.2, 0.25) is 0 Å². The summed E-state index contributed by atoms with van der Waals surface area (Å²) in [7, 11) is 0. The Labute approximate surface area is 125 Å². The number of aryl methyl sites for hydroxylation is 2. The van der Waals surface area contributed by atoms with Gasteiger partial charge in [0, 0.05) is 6.54 Å². The van der Waals surface area contributed by atoms with Crippen molar-refractivity contribution in [2.75, 3.05) is 5.32 Å². The molecule has 0 saturated heterocycles. The predicted octanol–water partition coefficient (Wildman–Crippen LogP) is 4.01. The molecule has 0 bridgehead atoms. The van der Waals surface area contributed by atoms with Gasteiger partial charge in [-0.25, -0.2) is 9.37 Å². The molecule has 0 aliphatic rings. The second-order valence-corrected chi connectivity index (χ2v) is 5.07. The summed E-state index contributed by atoms with van der Waals surface area (Å²) < 4.78 is 13.5. The van der Waals surface area contributed by atoms with E-state index in [9.17, 15) is 14.5 Å². The molecule has 2 aromatic rings. The average Bonchev–Trinajstić information content (AvgIpc) is 2.41. The second-order valence-electron chi connectivity index (χ2n) is 4.69. The number of aromatic nitrogens is 1. The van der Waals surface area contributed by atoms with Crippen LogP contribution < -0.4 is 5.32 Å². The smallest absolute Gasteiger partial charge is 0.276 e. The van der Waals surface area contributed by atoms with Crippen molar-refractivity contribution in [1.29, 1.82) is 0 Å². The molecule has 7 heteroatoms. The van der Waals surface area contributed by atoms with E-state index in [0.29, 0.717) is 23.5 Å². The highest BCUT2D eigenvalue weighted by Crippen LogP contribution is 2.21.